The molecule has 2 aliphatic rings. The lowest BCUT2D eigenvalue weighted by Crippen LogP contribution is -2.49. The number of carbonyl (C=O) groups excluding carboxylic acids is 2. The van der Waals surface area contributed by atoms with E-state index in [0.717, 1.165) is 31.0 Å². The van der Waals surface area contributed by atoms with Gasteiger partial charge in [-0.15, -0.1) is 24.0 Å². The molecule has 0 aliphatic carbocycles. The van der Waals surface area contributed by atoms with Crippen LogP contribution in [0.15, 0.2) is 4.99 Å². The molecule has 1 aromatic heterocycles. The maximum Gasteiger partial charge on any atom is 0.324 e. The van der Waals surface area contributed by atoms with Gasteiger partial charge in [-0.25, -0.2) is 14.5 Å². The summed E-state index contributed by atoms with van der Waals surface area (Å²) < 4.78 is 1.97. The zero-order valence-corrected chi connectivity index (χ0v) is 18.2. The summed E-state index contributed by atoms with van der Waals surface area (Å²) >= 11 is 0. The van der Waals surface area contributed by atoms with Gasteiger partial charge in [0.2, 0.25) is 5.91 Å². The molecule has 0 aromatic carbocycles. The van der Waals surface area contributed by atoms with E-state index in [1.54, 1.807) is 7.05 Å². The van der Waals surface area contributed by atoms with Gasteiger partial charge in [-0.2, -0.15) is 5.10 Å². The summed E-state index contributed by atoms with van der Waals surface area (Å²) in [5, 5.41) is 13.6. The number of urea groups is 1. The molecule has 1 fully saturated rings. The lowest BCUT2D eigenvalue weighted by atomic mass is 10.1. The van der Waals surface area contributed by atoms with Crippen molar-refractivity contribution in [2.75, 3.05) is 26.7 Å². The lowest BCUT2D eigenvalue weighted by molar-refractivity contribution is -0.124. The fourth-order valence-corrected chi connectivity index (χ4v) is 3.05. The highest BCUT2D eigenvalue weighted by Crippen LogP contribution is 2.16. The SMILES string of the molecule is CN=C(NCCN1C(=O)CNC1=O)NC1CCc2nc(C(C)C)nn2C1.I. The van der Waals surface area contributed by atoms with Crippen LogP contribution in [0.25, 0.3) is 0 Å². The molecule has 150 valence electrons. The van der Waals surface area contributed by atoms with Crippen LogP contribution < -0.4 is 16.0 Å². The molecule has 2 aliphatic heterocycles. The van der Waals surface area contributed by atoms with Crippen molar-refractivity contribution in [2.45, 2.75) is 45.2 Å². The van der Waals surface area contributed by atoms with Crippen LogP contribution in [0, 0.1) is 0 Å². The van der Waals surface area contributed by atoms with Gasteiger partial charge in [-0.1, -0.05) is 13.8 Å². The Labute approximate surface area is 175 Å². The average molecular weight is 490 g/mol. The largest absolute Gasteiger partial charge is 0.355 e. The molecule has 27 heavy (non-hydrogen) atoms. The van der Waals surface area contributed by atoms with Crippen molar-refractivity contribution in [3.63, 3.8) is 0 Å². The molecule has 11 heteroatoms. The molecule has 3 N–H and O–H groups in total. The molecule has 3 heterocycles. The summed E-state index contributed by atoms with van der Waals surface area (Å²) in [4.78, 5) is 33.1. The predicted molar refractivity (Wildman–Crippen MR) is 111 cm³/mol. The zero-order valence-electron chi connectivity index (χ0n) is 15.9. The first-order valence-electron chi connectivity index (χ1n) is 8.97. The van der Waals surface area contributed by atoms with Gasteiger partial charge >= 0.3 is 6.03 Å². The molecule has 1 unspecified atom stereocenters. The van der Waals surface area contributed by atoms with Crippen molar-refractivity contribution in [3.05, 3.63) is 11.6 Å². The number of fused-ring (bicyclic) bond motifs is 1. The molecule has 3 amide bonds. The summed E-state index contributed by atoms with van der Waals surface area (Å²) in [7, 11) is 1.70. The first-order valence-corrected chi connectivity index (χ1v) is 8.97. The number of imide groups is 1. The number of aromatic nitrogens is 3. The molecular formula is C16H27IN8O2. The Morgan fingerprint density at radius 2 is 2.19 bits per heavy atom. The minimum atomic E-state index is -0.341. The van der Waals surface area contributed by atoms with Crippen LogP contribution in [0.5, 0.6) is 0 Å². The minimum absolute atomic E-state index is 0. The number of aryl methyl sites for hydroxylation is 1. The van der Waals surface area contributed by atoms with Crippen LogP contribution in [0.2, 0.25) is 0 Å². The van der Waals surface area contributed by atoms with Gasteiger partial charge in [0.05, 0.1) is 13.1 Å². The topological polar surface area (TPSA) is 117 Å². The van der Waals surface area contributed by atoms with Gasteiger partial charge in [0.25, 0.3) is 0 Å². The predicted octanol–water partition coefficient (Wildman–Crippen LogP) is 0.0511. The number of carbonyl (C=O) groups is 2. The average Bonchev–Trinajstić information content (AvgIpc) is 3.18. The smallest absolute Gasteiger partial charge is 0.324 e. The van der Waals surface area contributed by atoms with E-state index in [-0.39, 0.29) is 48.5 Å². The standard InChI is InChI=1S/C16H26N8O2.HI/c1-10(2)14-21-12-5-4-11(9-24(12)22-14)20-15(17-3)18-6-7-23-13(25)8-19-16(23)26;/h10-11H,4-9H2,1-3H3,(H,19,26)(H2,17,18,20);1H. The Kier molecular flexibility index (Phi) is 7.39. The third-order valence-corrected chi connectivity index (χ3v) is 4.52. The monoisotopic (exact) mass is 490 g/mol. The number of rotatable bonds is 5. The second-order valence-electron chi connectivity index (χ2n) is 6.81. The fourth-order valence-electron chi connectivity index (χ4n) is 3.05. The molecular weight excluding hydrogens is 463 g/mol. The number of amides is 3. The number of halogens is 1. The molecule has 0 spiro atoms. The highest BCUT2D eigenvalue weighted by Gasteiger charge is 2.28. The number of hydrogen-bond acceptors (Lipinski definition) is 5. The Morgan fingerprint density at radius 3 is 2.81 bits per heavy atom. The van der Waals surface area contributed by atoms with Crippen LogP contribution in [0.3, 0.4) is 0 Å². The van der Waals surface area contributed by atoms with Crippen LogP contribution in [0.4, 0.5) is 4.79 Å². The van der Waals surface area contributed by atoms with Crippen molar-refractivity contribution in [1.29, 1.82) is 0 Å². The number of aliphatic imine (C=N–C) groups is 1. The van der Waals surface area contributed by atoms with Crippen molar-refractivity contribution in [1.82, 2.24) is 35.6 Å². The van der Waals surface area contributed by atoms with E-state index in [4.69, 9.17) is 0 Å². The van der Waals surface area contributed by atoms with Crippen LogP contribution >= 0.6 is 24.0 Å². The Balaban J connectivity index is 0.00000261. The first kappa shape index (κ1) is 21.4. The maximum atomic E-state index is 11.6. The van der Waals surface area contributed by atoms with Crippen molar-refractivity contribution in [3.8, 4) is 0 Å². The molecule has 1 atom stereocenters. The first-order chi connectivity index (χ1) is 12.5. The summed E-state index contributed by atoms with van der Waals surface area (Å²) in [6.45, 7) is 5.75. The summed E-state index contributed by atoms with van der Waals surface area (Å²) in [5.41, 5.74) is 0. The van der Waals surface area contributed by atoms with Crippen LogP contribution in [-0.4, -0.2) is 70.3 Å². The van der Waals surface area contributed by atoms with Crippen molar-refractivity contribution < 1.29 is 9.59 Å². The Hall–Kier alpha value is -1.92. The van der Waals surface area contributed by atoms with Gasteiger partial charge in [0.15, 0.2) is 11.8 Å². The summed E-state index contributed by atoms with van der Waals surface area (Å²) in [5.74, 6) is 2.69. The number of guanidine groups is 1. The minimum Gasteiger partial charge on any atom is -0.355 e. The van der Waals surface area contributed by atoms with E-state index in [1.165, 1.54) is 4.90 Å². The highest BCUT2D eigenvalue weighted by atomic mass is 127. The normalized spacial score (nSPS) is 19.6. The lowest BCUT2D eigenvalue weighted by Gasteiger charge is -2.25. The van der Waals surface area contributed by atoms with Gasteiger partial charge in [-0.05, 0) is 6.42 Å². The van der Waals surface area contributed by atoms with Gasteiger partial charge in [0.1, 0.15) is 5.82 Å². The molecule has 3 rings (SSSR count). The number of nitrogens with zero attached hydrogens (tertiary/aromatic N) is 5. The van der Waals surface area contributed by atoms with Crippen molar-refractivity contribution in [2.24, 2.45) is 4.99 Å². The second-order valence-corrected chi connectivity index (χ2v) is 6.81. The molecule has 10 nitrogen and oxygen atoms in total. The summed E-state index contributed by atoms with van der Waals surface area (Å²) in [6, 6.07) is -0.140. The highest BCUT2D eigenvalue weighted by molar-refractivity contribution is 14.0. The van der Waals surface area contributed by atoms with Crippen LogP contribution in [0.1, 0.15) is 37.8 Å². The molecule has 1 saturated heterocycles. The van der Waals surface area contributed by atoms with E-state index >= 15 is 0 Å². The van der Waals surface area contributed by atoms with E-state index in [2.05, 4.69) is 44.9 Å². The van der Waals surface area contributed by atoms with E-state index in [0.29, 0.717) is 25.0 Å². The Bertz CT molecular complexity index is 701. The molecule has 0 radical (unpaired) electrons. The third kappa shape index (κ3) is 5.08. The van der Waals surface area contributed by atoms with Gasteiger partial charge in [-0.3, -0.25) is 14.7 Å². The maximum absolute atomic E-state index is 11.6. The number of hydrogen-bond donors (Lipinski definition) is 3. The Morgan fingerprint density at radius 1 is 1.41 bits per heavy atom. The second kappa shape index (κ2) is 9.33. The molecule has 0 saturated carbocycles. The number of nitrogens with one attached hydrogen (secondary N) is 3. The van der Waals surface area contributed by atoms with Crippen LogP contribution in [-0.2, 0) is 17.8 Å². The van der Waals surface area contributed by atoms with Gasteiger partial charge < -0.3 is 16.0 Å². The van der Waals surface area contributed by atoms with Crippen molar-refractivity contribution >= 4 is 41.9 Å². The fraction of sp³-hybridized carbons (Fsp3) is 0.688. The van der Waals surface area contributed by atoms with Gasteiger partial charge in [0, 0.05) is 38.5 Å². The van der Waals surface area contributed by atoms with E-state index < -0.39 is 0 Å². The van der Waals surface area contributed by atoms with E-state index in [1.807, 2.05) is 4.68 Å². The molecule has 0 bridgehead atoms. The third-order valence-electron chi connectivity index (χ3n) is 4.52. The quantitative estimate of drug-likeness (QED) is 0.233. The zero-order chi connectivity index (χ0) is 18.7. The van der Waals surface area contributed by atoms with E-state index in [9.17, 15) is 9.59 Å². The molecule has 1 aromatic rings. The summed E-state index contributed by atoms with van der Waals surface area (Å²) in [6.07, 6.45) is 1.82.